The molecule has 1 heterocycles. The second kappa shape index (κ2) is 2.98. The van der Waals surface area contributed by atoms with Gasteiger partial charge >= 0.3 is 0 Å². The minimum Gasteiger partial charge on any atom is -0.324 e. The van der Waals surface area contributed by atoms with Crippen molar-refractivity contribution in [1.82, 2.24) is 0 Å². The fraction of sp³-hybridized carbons (Fsp3) is 0.364. The van der Waals surface area contributed by atoms with Gasteiger partial charge in [-0.25, -0.2) is 4.39 Å². The van der Waals surface area contributed by atoms with Crippen LogP contribution >= 0.6 is 11.8 Å². The lowest BCUT2D eigenvalue weighted by atomic mass is 10.1. The number of halogens is 1. The molecule has 1 aliphatic carbocycles. The third-order valence-corrected chi connectivity index (χ3v) is 4.39. The average molecular weight is 223 g/mol. The molecular formula is C11H10FNOS. The highest BCUT2D eigenvalue weighted by molar-refractivity contribution is 7.99. The summed E-state index contributed by atoms with van der Waals surface area (Å²) < 4.78 is 13.0. The van der Waals surface area contributed by atoms with E-state index in [9.17, 15) is 9.18 Å². The van der Waals surface area contributed by atoms with E-state index in [-0.39, 0.29) is 17.1 Å². The molecule has 0 radical (unpaired) electrons. The quantitative estimate of drug-likeness (QED) is 0.732. The van der Waals surface area contributed by atoms with Gasteiger partial charge in [-0.15, -0.1) is 11.8 Å². The van der Waals surface area contributed by atoms with Crippen molar-refractivity contribution >= 4 is 23.4 Å². The molecule has 0 bridgehead atoms. The van der Waals surface area contributed by atoms with Crippen LogP contribution in [-0.2, 0) is 4.79 Å². The number of thioether (sulfide) groups is 1. The predicted octanol–water partition coefficient (Wildman–Crippen LogP) is 2.65. The van der Waals surface area contributed by atoms with E-state index in [2.05, 4.69) is 5.32 Å². The molecule has 78 valence electrons. The molecule has 0 unspecified atom stereocenters. The minimum atomic E-state index is -0.304. The Morgan fingerprint density at radius 2 is 2.20 bits per heavy atom. The topological polar surface area (TPSA) is 29.1 Å². The summed E-state index contributed by atoms with van der Waals surface area (Å²) in [5, 5.41) is 2.82. The van der Waals surface area contributed by atoms with Crippen LogP contribution in [0.3, 0.4) is 0 Å². The van der Waals surface area contributed by atoms with Gasteiger partial charge < -0.3 is 5.32 Å². The van der Waals surface area contributed by atoms with Crippen molar-refractivity contribution in [1.29, 1.82) is 0 Å². The van der Waals surface area contributed by atoms with Crippen molar-refractivity contribution in [3.63, 3.8) is 0 Å². The lowest BCUT2D eigenvalue weighted by Crippen LogP contribution is -2.24. The van der Waals surface area contributed by atoms with Crippen molar-refractivity contribution in [2.24, 2.45) is 5.41 Å². The Bertz CT molecular complexity index is 442. The first-order chi connectivity index (χ1) is 7.20. The van der Waals surface area contributed by atoms with E-state index in [0.29, 0.717) is 5.69 Å². The van der Waals surface area contributed by atoms with Crippen LogP contribution in [0.1, 0.15) is 12.8 Å². The summed E-state index contributed by atoms with van der Waals surface area (Å²) in [4.78, 5) is 12.8. The smallest absolute Gasteiger partial charge is 0.231 e. The molecule has 3 rings (SSSR count). The highest BCUT2D eigenvalue weighted by Gasteiger charge is 2.50. The van der Waals surface area contributed by atoms with Gasteiger partial charge in [0.05, 0.1) is 11.1 Å². The maximum Gasteiger partial charge on any atom is 0.231 e. The number of amides is 1. The van der Waals surface area contributed by atoms with Gasteiger partial charge in [-0.05, 0) is 31.0 Å². The molecule has 1 aromatic rings. The van der Waals surface area contributed by atoms with Crippen molar-refractivity contribution in [2.75, 3.05) is 11.1 Å². The largest absolute Gasteiger partial charge is 0.324 e. The second-order valence-electron chi connectivity index (χ2n) is 4.16. The zero-order valence-corrected chi connectivity index (χ0v) is 8.86. The van der Waals surface area contributed by atoms with Crippen LogP contribution in [0.25, 0.3) is 0 Å². The number of anilines is 1. The number of hydrogen-bond acceptors (Lipinski definition) is 2. The number of fused-ring (bicyclic) bond motifs is 1. The average Bonchev–Trinajstić information content (AvgIpc) is 2.98. The molecule has 1 aromatic carbocycles. The number of carbonyl (C=O) groups is 1. The van der Waals surface area contributed by atoms with Crippen molar-refractivity contribution < 1.29 is 9.18 Å². The maximum absolute atomic E-state index is 13.0. The van der Waals surface area contributed by atoms with Crippen LogP contribution in [0, 0.1) is 11.2 Å². The van der Waals surface area contributed by atoms with Crippen LogP contribution in [0.4, 0.5) is 10.1 Å². The Kier molecular flexibility index (Phi) is 1.83. The Morgan fingerprint density at radius 3 is 2.93 bits per heavy atom. The Morgan fingerprint density at radius 1 is 1.40 bits per heavy atom. The number of rotatable bonds is 0. The van der Waals surface area contributed by atoms with E-state index in [1.165, 1.54) is 12.1 Å². The monoisotopic (exact) mass is 223 g/mol. The number of benzene rings is 1. The van der Waals surface area contributed by atoms with E-state index >= 15 is 0 Å². The molecule has 1 amide bonds. The van der Waals surface area contributed by atoms with Gasteiger partial charge in [0.2, 0.25) is 5.91 Å². The van der Waals surface area contributed by atoms with Crippen LogP contribution in [-0.4, -0.2) is 11.7 Å². The van der Waals surface area contributed by atoms with Gasteiger partial charge in [0, 0.05) is 10.6 Å². The van der Waals surface area contributed by atoms with Crippen LogP contribution in [0.2, 0.25) is 0 Å². The van der Waals surface area contributed by atoms with E-state index in [4.69, 9.17) is 0 Å². The van der Waals surface area contributed by atoms with Crippen LogP contribution in [0.5, 0.6) is 0 Å². The lowest BCUT2D eigenvalue weighted by Gasteiger charge is -2.08. The third-order valence-electron chi connectivity index (χ3n) is 3.03. The Balaban J connectivity index is 2.00. The molecule has 1 fully saturated rings. The highest BCUT2D eigenvalue weighted by atomic mass is 32.2. The summed E-state index contributed by atoms with van der Waals surface area (Å²) in [5.74, 6) is 0.568. The molecule has 0 atom stereocenters. The summed E-state index contributed by atoms with van der Waals surface area (Å²) in [5.41, 5.74) is 0.453. The summed E-state index contributed by atoms with van der Waals surface area (Å²) in [6.07, 6.45) is 1.92. The molecule has 1 spiro atoms. The van der Waals surface area contributed by atoms with E-state index in [1.54, 1.807) is 17.8 Å². The van der Waals surface area contributed by atoms with Crippen LogP contribution < -0.4 is 5.32 Å². The molecule has 0 saturated heterocycles. The minimum absolute atomic E-state index is 0.0550. The summed E-state index contributed by atoms with van der Waals surface area (Å²) in [7, 11) is 0. The summed E-state index contributed by atoms with van der Waals surface area (Å²) >= 11 is 1.64. The Labute approximate surface area is 91.2 Å². The van der Waals surface area contributed by atoms with E-state index in [0.717, 1.165) is 23.5 Å². The summed E-state index contributed by atoms with van der Waals surface area (Å²) in [6.45, 7) is 0. The maximum atomic E-state index is 13.0. The zero-order chi connectivity index (χ0) is 10.5. The number of carbonyl (C=O) groups excluding carboxylic acids is 1. The van der Waals surface area contributed by atoms with Gasteiger partial charge in [-0.1, -0.05) is 0 Å². The molecule has 4 heteroatoms. The standard InChI is InChI=1S/C11H10FNOS/c12-7-1-2-9-8(5-7)13-10(14)11(3-4-11)6-15-9/h1-2,5H,3-4,6H2,(H,13,14). The third kappa shape index (κ3) is 1.44. The van der Waals surface area contributed by atoms with Gasteiger partial charge in [0.25, 0.3) is 0 Å². The second-order valence-corrected chi connectivity index (χ2v) is 5.18. The molecule has 1 aliphatic heterocycles. The fourth-order valence-corrected chi connectivity index (χ4v) is 3.07. The van der Waals surface area contributed by atoms with E-state index in [1.807, 2.05) is 0 Å². The zero-order valence-electron chi connectivity index (χ0n) is 8.05. The van der Waals surface area contributed by atoms with E-state index < -0.39 is 0 Å². The normalized spacial score (nSPS) is 21.8. The fourth-order valence-electron chi connectivity index (χ4n) is 1.78. The SMILES string of the molecule is O=C1Nc2cc(F)ccc2SCC12CC2. The lowest BCUT2D eigenvalue weighted by molar-refractivity contribution is -0.120. The van der Waals surface area contributed by atoms with Crippen LogP contribution in [0.15, 0.2) is 23.1 Å². The molecule has 1 N–H and O–H groups in total. The molecule has 2 aliphatic rings. The van der Waals surface area contributed by atoms with Gasteiger partial charge in [-0.3, -0.25) is 4.79 Å². The first-order valence-corrected chi connectivity index (χ1v) is 5.92. The molecular weight excluding hydrogens is 213 g/mol. The van der Waals surface area contributed by atoms with Gasteiger partial charge in [0.1, 0.15) is 5.82 Å². The van der Waals surface area contributed by atoms with Gasteiger partial charge in [-0.2, -0.15) is 0 Å². The molecule has 0 aromatic heterocycles. The van der Waals surface area contributed by atoms with Crippen molar-refractivity contribution in [3.05, 3.63) is 24.0 Å². The summed E-state index contributed by atoms with van der Waals surface area (Å²) in [6, 6.07) is 4.56. The number of nitrogens with one attached hydrogen (secondary N) is 1. The molecule has 2 nitrogen and oxygen atoms in total. The molecule has 15 heavy (non-hydrogen) atoms. The Hall–Kier alpha value is -1.03. The van der Waals surface area contributed by atoms with Crippen molar-refractivity contribution in [2.45, 2.75) is 17.7 Å². The van der Waals surface area contributed by atoms with Gasteiger partial charge in [0.15, 0.2) is 0 Å². The first kappa shape index (κ1) is 9.21. The number of hydrogen-bond donors (Lipinski definition) is 1. The van der Waals surface area contributed by atoms with Crippen molar-refractivity contribution in [3.8, 4) is 0 Å². The first-order valence-electron chi connectivity index (χ1n) is 4.93. The molecule has 1 saturated carbocycles. The predicted molar refractivity (Wildman–Crippen MR) is 57.4 cm³/mol. The highest BCUT2D eigenvalue weighted by Crippen LogP contribution is 2.52.